The van der Waals surface area contributed by atoms with Crippen LogP contribution in [0.3, 0.4) is 0 Å². The van der Waals surface area contributed by atoms with Crippen LogP contribution in [0.5, 0.6) is 11.5 Å². The van der Waals surface area contributed by atoms with Gasteiger partial charge in [-0.25, -0.2) is 4.98 Å². The number of hydrogen-bond acceptors (Lipinski definition) is 4. The summed E-state index contributed by atoms with van der Waals surface area (Å²) in [4.78, 5) is 7.73. The van der Waals surface area contributed by atoms with E-state index in [1.165, 1.54) is 0 Å². The van der Waals surface area contributed by atoms with Crippen LogP contribution in [0.2, 0.25) is 10.0 Å². The van der Waals surface area contributed by atoms with E-state index < -0.39 is 0 Å². The van der Waals surface area contributed by atoms with Crippen molar-refractivity contribution in [1.29, 1.82) is 0 Å². The first-order valence-electron chi connectivity index (χ1n) is 7.15. The van der Waals surface area contributed by atoms with E-state index in [0.717, 1.165) is 28.1 Å². The van der Waals surface area contributed by atoms with Crippen molar-refractivity contribution in [3.8, 4) is 11.5 Å². The van der Waals surface area contributed by atoms with Crippen LogP contribution >= 0.6 is 23.2 Å². The Hall–Kier alpha value is -2.11. The quantitative estimate of drug-likeness (QED) is 0.741. The molecule has 0 spiro atoms. The average Bonchev–Trinajstić information content (AvgIpc) is 2.91. The second-order valence-corrected chi connectivity index (χ2v) is 6.10. The third-order valence-electron chi connectivity index (χ3n) is 3.53. The monoisotopic (exact) mass is 349 g/mol. The molecule has 0 aliphatic carbocycles. The molecule has 118 valence electrons. The van der Waals surface area contributed by atoms with E-state index in [0.29, 0.717) is 35.8 Å². The summed E-state index contributed by atoms with van der Waals surface area (Å²) in [6.07, 6.45) is 0. The molecule has 0 unspecified atom stereocenters. The SMILES string of the molecule is Clc1cc(Cl)cc(CNc2nc3cc4c(cc3[nH]2)OCCO4)c1. The zero-order valence-electron chi connectivity index (χ0n) is 12.0. The number of anilines is 1. The molecule has 4 rings (SSSR count). The minimum atomic E-state index is 0.559. The molecule has 23 heavy (non-hydrogen) atoms. The van der Waals surface area contributed by atoms with E-state index >= 15 is 0 Å². The van der Waals surface area contributed by atoms with Gasteiger partial charge in [0.15, 0.2) is 11.5 Å². The van der Waals surface area contributed by atoms with E-state index in [9.17, 15) is 0 Å². The number of aromatic nitrogens is 2. The minimum Gasteiger partial charge on any atom is -0.486 e. The smallest absolute Gasteiger partial charge is 0.201 e. The molecule has 3 aromatic rings. The molecule has 0 radical (unpaired) electrons. The average molecular weight is 350 g/mol. The molecule has 1 aliphatic rings. The predicted octanol–water partition coefficient (Wildman–Crippen LogP) is 4.25. The molecule has 5 nitrogen and oxygen atoms in total. The Morgan fingerprint density at radius 1 is 1.00 bits per heavy atom. The summed E-state index contributed by atoms with van der Waals surface area (Å²) in [5.74, 6) is 2.13. The Kier molecular flexibility index (Phi) is 3.67. The van der Waals surface area contributed by atoms with Crippen molar-refractivity contribution in [3.63, 3.8) is 0 Å². The molecular formula is C16H13Cl2N3O2. The fraction of sp³-hybridized carbons (Fsp3) is 0.188. The number of ether oxygens (including phenoxy) is 2. The summed E-state index contributed by atoms with van der Waals surface area (Å²) in [5, 5.41) is 4.45. The van der Waals surface area contributed by atoms with E-state index in [1.54, 1.807) is 6.07 Å². The summed E-state index contributed by atoms with van der Waals surface area (Å²) >= 11 is 12.0. The number of rotatable bonds is 3. The van der Waals surface area contributed by atoms with Crippen LogP contribution in [-0.4, -0.2) is 23.2 Å². The van der Waals surface area contributed by atoms with E-state index in [1.807, 2.05) is 24.3 Å². The zero-order chi connectivity index (χ0) is 15.8. The number of benzene rings is 2. The largest absolute Gasteiger partial charge is 0.486 e. The highest BCUT2D eigenvalue weighted by Gasteiger charge is 2.14. The standard InChI is InChI=1S/C16H13Cl2N3O2/c17-10-3-9(4-11(18)5-10)8-19-16-20-12-6-14-15(7-13(12)21-16)23-2-1-22-14/h3-7H,1-2,8H2,(H2,19,20,21). The maximum atomic E-state index is 6.01. The number of nitrogens with one attached hydrogen (secondary N) is 2. The van der Waals surface area contributed by atoms with Gasteiger partial charge >= 0.3 is 0 Å². The van der Waals surface area contributed by atoms with Crippen molar-refractivity contribution in [1.82, 2.24) is 9.97 Å². The minimum absolute atomic E-state index is 0.559. The van der Waals surface area contributed by atoms with Gasteiger partial charge in [-0.2, -0.15) is 0 Å². The molecule has 2 heterocycles. The topological polar surface area (TPSA) is 59.2 Å². The fourth-order valence-corrected chi connectivity index (χ4v) is 3.10. The van der Waals surface area contributed by atoms with Gasteiger partial charge in [0.2, 0.25) is 5.95 Å². The number of halogens is 2. The molecule has 0 fully saturated rings. The molecule has 0 saturated heterocycles. The molecule has 0 amide bonds. The van der Waals surface area contributed by atoms with Gasteiger partial charge in [-0.3, -0.25) is 0 Å². The third-order valence-corrected chi connectivity index (χ3v) is 3.96. The van der Waals surface area contributed by atoms with Crippen molar-refractivity contribution < 1.29 is 9.47 Å². The number of imidazole rings is 1. The first kappa shape index (κ1) is 14.5. The number of H-pyrrole nitrogens is 1. The Morgan fingerprint density at radius 3 is 2.43 bits per heavy atom. The lowest BCUT2D eigenvalue weighted by molar-refractivity contribution is 0.172. The van der Waals surface area contributed by atoms with Gasteiger partial charge in [-0.1, -0.05) is 23.2 Å². The van der Waals surface area contributed by atoms with Crippen LogP contribution in [0.4, 0.5) is 5.95 Å². The van der Waals surface area contributed by atoms with Crippen LogP contribution in [-0.2, 0) is 6.54 Å². The van der Waals surface area contributed by atoms with Crippen molar-refractivity contribution in [2.75, 3.05) is 18.5 Å². The molecule has 1 aromatic heterocycles. The Bertz CT molecular complexity index is 816. The fourth-order valence-electron chi connectivity index (χ4n) is 2.53. The molecule has 2 aromatic carbocycles. The van der Waals surface area contributed by atoms with Crippen LogP contribution in [0.15, 0.2) is 30.3 Å². The molecule has 7 heteroatoms. The van der Waals surface area contributed by atoms with Gasteiger partial charge in [0.25, 0.3) is 0 Å². The summed E-state index contributed by atoms with van der Waals surface area (Å²) in [5.41, 5.74) is 2.69. The maximum Gasteiger partial charge on any atom is 0.201 e. The highest BCUT2D eigenvalue weighted by atomic mass is 35.5. The highest BCUT2D eigenvalue weighted by molar-refractivity contribution is 6.34. The first-order valence-corrected chi connectivity index (χ1v) is 7.91. The second-order valence-electron chi connectivity index (χ2n) is 5.23. The van der Waals surface area contributed by atoms with Crippen LogP contribution in [0.25, 0.3) is 11.0 Å². The summed E-state index contributed by atoms with van der Waals surface area (Å²) in [7, 11) is 0. The second kappa shape index (κ2) is 5.83. The van der Waals surface area contributed by atoms with Crippen molar-refractivity contribution in [2.24, 2.45) is 0 Å². The lowest BCUT2D eigenvalue weighted by Gasteiger charge is -2.17. The molecule has 0 atom stereocenters. The molecule has 0 bridgehead atoms. The van der Waals surface area contributed by atoms with Gasteiger partial charge in [0.05, 0.1) is 11.0 Å². The number of nitrogens with zero attached hydrogens (tertiary/aromatic N) is 1. The number of fused-ring (bicyclic) bond motifs is 2. The van der Waals surface area contributed by atoms with E-state index in [2.05, 4.69) is 15.3 Å². The van der Waals surface area contributed by atoms with Gasteiger partial charge in [-0.05, 0) is 23.8 Å². The maximum absolute atomic E-state index is 6.01. The Balaban J connectivity index is 1.57. The summed E-state index contributed by atoms with van der Waals surface area (Å²) in [6, 6.07) is 9.21. The van der Waals surface area contributed by atoms with Crippen molar-refractivity contribution in [3.05, 3.63) is 45.9 Å². The summed E-state index contributed by atoms with van der Waals surface area (Å²) in [6.45, 7) is 1.68. The lowest BCUT2D eigenvalue weighted by atomic mass is 10.2. The van der Waals surface area contributed by atoms with Gasteiger partial charge < -0.3 is 19.8 Å². The Morgan fingerprint density at radius 2 is 1.70 bits per heavy atom. The van der Waals surface area contributed by atoms with Gasteiger partial charge in [-0.15, -0.1) is 0 Å². The molecular weight excluding hydrogens is 337 g/mol. The van der Waals surface area contributed by atoms with Crippen LogP contribution in [0, 0.1) is 0 Å². The van der Waals surface area contributed by atoms with E-state index in [4.69, 9.17) is 32.7 Å². The number of hydrogen-bond donors (Lipinski definition) is 2. The molecule has 1 aliphatic heterocycles. The van der Waals surface area contributed by atoms with Crippen molar-refractivity contribution in [2.45, 2.75) is 6.54 Å². The van der Waals surface area contributed by atoms with Gasteiger partial charge in [0.1, 0.15) is 13.2 Å². The van der Waals surface area contributed by atoms with Gasteiger partial charge in [0, 0.05) is 28.7 Å². The lowest BCUT2D eigenvalue weighted by Crippen LogP contribution is -2.15. The highest BCUT2D eigenvalue weighted by Crippen LogP contribution is 2.34. The first-order chi connectivity index (χ1) is 11.2. The van der Waals surface area contributed by atoms with Crippen LogP contribution in [0.1, 0.15) is 5.56 Å². The normalized spacial score (nSPS) is 13.3. The van der Waals surface area contributed by atoms with Crippen LogP contribution < -0.4 is 14.8 Å². The Labute approximate surface area is 142 Å². The number of aromatic amines is 1. The van der Waals surface area contributed by atoms with E-state index in [-0.39, 0.29) is 0 Å². The third kappa shape index (κ3) is 3.02. The molecule has 0 saturated carbocycles. The predicted molar refractivity (Wildman–Crippen MR) is 90.9 cm³/mol. The zero-order valence-corrected chi connectivity index (χ0v) is 13.5. The molecule has 2 N–H and O–H groups in total. The van der Waals surface area contributed by atoms with Crippen molar-refractivity contribution >= 4 is 40.2 Å². The summed E-state index contributed by atoms with van der Waals surface area (Å²) < 4.78 is 11.1.